The predicted octanol–water partition coefficient (Wildman–Crippen LogP) is 0.550. The Bertz CT molecular complexity index is 479. The number of nitrogen functional groups attached to an aromatic ring is 1. The second-order valence-corrected chi connectivity index (χ2v) is 4.15. The first kappa shape index (κ1) is 33.0. The third-order valence-electron chi connectivity index (χ3n) is 2.77. The highest BCUT2D eigenvalue weighted by atomic mass is 35.5. The Morgan fingerprint density at radius 2 is 1.23 bits per heavy atom. The van der Waals surface area contributed by atoms with Gasteiger partial charge >= 0.3 is 0 Å². The number of benzene rings is 1. The number of hydrogen-bond donors (Lipinski definition) is 4. The molecular weight excluding hydrogens is 374 g/mol. The Labute approximate surface area is 154 Å². The van der Waals surface area contributed by atoms with Gasteiger partial charge in [0.05, 0.1) is 0 Å². The maximum absolute atomic E-state index is 5.90. The molecule has 0 saturated heterocycles. The molecule has 2 rings (SSSR count). The Kier molecular flexibility index (Phi) is 19.2. The fourth-order valence-electron chi connectivity index (χ4n) is 1.72. The van der Waals surface area contributed by atoms with E-state index < -0.39 is 5.66 Å². The van der Waals surface area contributed by atoms with E-state index in [0.717, 1.165) is 16.8 Å². The highest BCUT2D eigenvalue weighted by molar-refractivity contribution is 5.86. The summed E-state index contributed by atoms with van der Waals surface area (Å²) < 4.78 is 0. The summed E-state index contributed by atoms with van der Waals surface area (Å²) in [7, 11) is 0. The third-order valence-corrected chi connectivity index (χ3v) is 2.77. The van der Waals surface area contributed by atoms with E-state index in [4.69, 9.17) is 22.9 Å². The van der Waals surface area contributed by atoms with E-state index in [2.05, 4.69) is 0 Å². The quantitative estimate of drug-likeness (QED) is 0.401. The summed E-state index contributed by atoms with van der Waals surface area (Å²) >= 11 is 0. The lowest BCUT2D eigenvalue weighted by Gasteiger charge is -2.29. The van der Waals surface area contributed by atoms with Crippen molar-refractivity contribution in [1.82, 2.24) is 0 Å². The highest BCUT2D eigenvalue weighted by Crippen LogP contribution is 2.28. The minimum Gasteiger partial charge on any atom is -0.412 e. The van der Waals surface area contributed by atoms with Gasteiger partial charge in [-0.25, -0.2) is 0 Å². The first-order valence-corrected chi connectivity index (χ1v) is 5.09. The Morgan fingerprint density at radius 1 is 0.773 bits per heavy atom. The van der Waals surface area contributed by atoms with E-state index >= 15 is 0 Å². The van der Waals surface area contributed by atoms with Crippen molar-refractivity contribution >= 4 is 60.9 Å². The largest absolute Gasteiger partial charge is 0.412 e. The number of halogens is 4. The molecule has 0 aliphatic heterocycles. The van der Waals surface area contributed by atoms with Gasteiger partial charge < -0.3 is 33.9 Å². The van der Waals surface area contributed by atoms with E-state index in [1.54, 1.807) is 6.08 Å². The zero-order valence-electron chi connectivity index (χ0n) is 11.6. The first-order chi connectivity index (χ1) is 7.49. The Balaban J connectivity index is -0.000000161. The number of hydrogen-bond acceptors (Lipinski definition) is 4. The Hall–Kier alpha value is -0.700. The van der Waals surface area contributed by atoms with Crippen molar-refractivity contribution in [3.63, 3.8) is 0 Å². The summed E-state index contributed by atoms with van der Waals surface area (Å²) in [6, 6.07) is 7.61. The van der Waals surface area contributed by atoms with Crippen LogP contribution >= 0.6 is 49.6 Å². The van der Waals surface area contributed by atoms with Crippen LogP contribution in [-0.2, 0) is 0 Å². The lowest BCUT2D eigenvalue weighted by molar-refractivity contribution is 0.523. The van der Waals surface area contributed by atoms with Crippen LogP contribution in [0.1, 0.15) is 12.0 Å². The summed E-state index contributed by atoms with van der Waals surface area (Å²) in [4.78, 5) is 0. The van der Waals surface area contributed by atoms with E-state index in [-0.39, 0.29) is 60.6 Å². The molecule has 6 nitrogen and oxygen atoms in total. The SMILES string of the molecule is Cl.Cl.Cl.Cl.NC1=CC=C(c2ccc(N)cc2)CC1(N)N.O.O. The van der Waals surface area contributed by atoms with Crippen molar-refractivity contribution in [2.45, 2.75) is 12.1 Å². The van der Waals surface area contributed by atoms with Crippen LogP contribution in [0.25, 0.3) is 5.57 Å². The molecule has 132 valence electrons. The van der Waals surface area contributed by atoms with E-state index in [1.807, 2.05) is 30.3 Å². The monoisotopic (exact) mass is 396 g/mol. The second kappa shape index (κ2) is 12.8. The average Bonchev–Trinajstić information content (AvgIpc) is 2.23. The van der Waals surface area contributed by atoms with Crippen LogP contribution in [0.5, 0.6) is 0 Å². The maximum Gasteiger partial charge on any atom is 0.109 e. The topological polar surface area (TPSA) is 167 Å². The lowest BCUT2D eigenvalue weighted by atomic mass is 9.89. The van der Waals surface area contributed by atoms with Crippen molar-refractivity contribution in [2.24, 2.45) is 17.2 Å². The average molecular weight is 398 g/mol. The van der Waals surface area contributed by atoms with E-state index in [0.29, 0.717) is 12.1 Å². The zero-order chi connectivity index (χ0) is 11.8. The zero-order valence-corrected chi connectivity index (χ0v) is 14.9. The van der Waals surface area contributed by atoms with E-state index in [1.165, 1.54) is 0 Å². The maximum atomic E-state index is 5.90. The molecule has 1 aliphatic rings. The minimum absolute atomic E-state index is 0. The molecule has 0 radical (unpaired) electrons. The first-order valence-electron chi connectivity index (χ1n) is 5.09. The van der Waals surface area contributed by atoms with Crippen LogP contribution in [0.2, 0.25) is 0 Å². The van der Waals surface area contributed by atoms with Crippen molar-refractivity contribution in [3.8, 4) is 0 Å². The minimum atomic E-state index is -0.953. The summed E-state index contributed by atoms with van der Waals surface area (Å²) in [6.07, 6.45) is 4.23. The molecular formula is C12H24Cl4N4O2. The summed E-state index contributed by atoms with van der Waals surface area (Å²) in [5.41, 5.74) is 25.6. The fourth-order valence-corrected chi connectivity index (χ4v) is 1.72. The summed E-state index contributed by atoms with van der Waals surface area (Å²) in [5.74, 6) is 0. The Morgan fingerprint density at radius 3 is 1.64 bits per heavy atom. The van der Waals surface area contributed by atoms with Gasteiger partial charge in [-0.05, 0) is 29.3 Å². The van der Waals surface area contributed by atoms with Gasteiger partial charge in [0.2, 0.25) is 0 Å². The molecule has 1 aromatic rings. The standard InChI is InChI=1S/C12H16N4.4ClH.2H2O/c13-10-4-1-8(2-5-10)9-3-6-11(14)12(15,16)7-9;;;;;;/h1-6H,7,13-16H2;4*1H;2*1H2. The molecule has 10 heteroatoms. The summed E-state index contributed by atoms with van der Waals surface area (Å²) in [6.45, 7) is 0. The molecule has 0 saturated carbocycles. The highest BCUT2D eigenvalue weighted by Gasteiger charge is 2.26. The van der Waals surface area contributed by atoms with Crippen molar-refractivity contribution in [3.05, 3.63) is 47.7 Å². The molecule has 12 N–H and O–H groups in total. The van der Waals surface area contributed by atoms with E-state index in [9.17, 15) is 0 Å². The molecule has 1 aliphatic carbocycles. The van der Waals surface area contributed by atoms with Gasteiger partial charge in [0.1, 0.15) is 5.66 Å². The van der Waals surface area contributed by atoms with Crippen molar-refractivity contribution in [2.75, 3.05) is 5.73 Å². The van der Waals surface area contributed by atoms with Crippen molar-refractivity contribution < 1.29 is 11.0 Å². The summed E-state index contributed by atoms with van der Waals surface area (Å²) in [5, 5.41) is 0. The van der Waals surface area contributed by atoms with Gasteiger partial charge in [-0.1, -0.05) is 18.2 Å². The van der Waals surface area contributed by atoms with Crippen LogP contribution in [0.3, 0.4) is 0 Å². The molecule has 0 amide bonds. The molecule has 0 spiro atoms. The second-order valence-electron chi connectivity index (χ2n) is 4.15. The number of nitrogens with two attached hydrogens (primary N) is 4. The van der Waals surface area contributed by atoms with Gasteiger partial charge in [-0.2, -0.15) is 0 Å². The number of rotatable bonds is 1. The molecule has 1 aromatic carbocycles. The van der Waals surface area contributed by atoms with Crippen LogP contribution in [-0.4, -0.2) is 16.6 Å². The lowest BCUT2D eigenvalue weighted by Crippen LogP contribution is -2.54. The molecule has 0 heterocycles. The van der Waals surface area contributed by atoms with Gasteiger partial charge in [0.15, 0.2) is 0 Å². The van der Waals surface area contributed by atoms with Crippen LogP contribution in [0.15, 0.2) is 42.1 Å². The fraction of sp³-hybridized carbons (Fsp3) is 0.167. The van der Waals surface area contributed by atoms with Gasteiger partial charge in [-0.3, -0.25) is 0 Å². The molecule has 0 aromatic heterocycles. The molecule has 22 heavy (non-hydrogen) atoms. The van der Waals surface area contributed by atoms with Crippen LogP contribution in [0.4, 0.5) is 5.69 Å². The number of anilines is 1. The third kappa shape index (κ3) is 7.53. The molecule has 0 bridgehead atoms. The van der Waals surface area contributed by atoms with Gasteiger partial charge in [0.25, 0.3) is 0 Å². The van der Waals surface area contributed by atoms with Crippen LogP contribution in [0, 0.1) is 0 Å². The molecule has 0 fully saturated rings. The molecule has 0 atom stereocenters. The van der Waals surface area contributed by atoms with Gasteiger partial charge in [0, 0.05) is 17.8 Å². The smallest absolute Gasteiger partial charge is 0.109 e. The van der Waals surface area contributed by atoms with Crippen molar-refractivity contribution in [1.29, 1.82) is 0 Å². The van der Waals surface area contributed by atoms with Gasteiger partial charge in [-0.15, -0.1) is 49.6 Å². The normalized spacial score (nSPS) is 13.7. The number of allylic oxidation sites excluding steroid dienone is 2. The predicted molar refractivity (Wildman–Crippen MR) is 103 cm³/mol. The van der Waals surface area contributed by atoms with Crippen LogP contribution < -0.4 is 22.9 Å². The molecule has 0 unspecified atom stereocenters.